The number of phenolic OH excluding ortho intramolecular Hbond substituents is 1. The van der Waals surface area contributed by atoms with Crippen LogP contribution in [0.15, 0.2) is 140 Å². The lowest BCUT2D eigenvalue weighted by Crippen LogP contribution is -2.08. The summed E-state index contributed by atoms with van der Waals surface area (Å²) in [6.07, 6.45) is 3.17. The quantitative estimate of drug-likeness (QED) is 0.0839. The molecule has 9 aromatic rings. The van der Waals surface area contributed by atoms with Gasteiger partial charge in [0.1, 0.15) is 76.7 Å². The molecule has 5 aromatic carbocycles. The summed E-state index contributed by atoms with van der Waals surface area (Å²) in [7, 11) is 10.6. The Morgan fingerprint density at radius 3 is 1.37 bits per heavy atom. The van der Waals surface area contributed by atoms with E-state index in [1.165, 1.54) is 0 Å². The molecule has 0 aliphatic rings. The number of aryl methyl sites for hydroxylation is 2. The minimum absolute atomic E-state index is 0.0541. The molecule has 16 heteroatoms. The molecule has 3 N–H and O–H groups in total. The van der Waals surface area contributed by atoms with E-state index >= 15 is 0 Å². The van der Waals surface area contributed by atoms with Gasteiger partial charge in [0, 0.05) is 37.8 Å². The van der Waals surface area contributed by atoms with Crippen LogP contribution in [-0.4, -0.2) is 68.0 Å². The second-order valence-corrected chi connectivity index (χ2v) is 16.8. The summed E-state index contributed by atoms with van der Waals surface area (Å²) in [4.78, 5) is 18.0. The number of rotatable bonds is 15. The molecule has 14 nitrogen and oxygen atoms in total. The first kappa shape index (κ1) is 50.2. The number of ether oxygens (including phenoxy) is 5. The molecular weight excluding hydrogens is 928 g/mol. The summed E-state index contributed by atoms with van der Waals surface area (Å²) in [6, 6.07) is 41.2. The van der Waals surface area contributed by atoms with Crippen LogP contribution in [0.5, 0.6) is 34.5 Å². The minimum Gasteiger partial charge on any atom is -0.508 e. The van der Waals surface area contributed by atoms with Crippen LogP contribution in [0.4, 0.5) is 11.6 Å². The van der Waals surface area contributed by atoms with Gasteiger partial charge < -0.3 is 48.6 Å². The third-order valence-electron chi connectivity index (χ3n) is 11.8. The molecule has 0 unspecified atom stereocenters. The molecule has 0 aliphatic carbocycles. The van der Waals surface area contributed by atoms with E-state index in [-0.39, 0.29) is 23.2 Å². The monoisotopic (exact) mass is 982 g/mol. The number of hydrogen-bond donors (Lipinski definition) is 3. The van der Waals surface area contributed by atoms with Gasteiger partial charge in [-0.05, 0) is 133 Å². The molecule has 0 fully saturated rings. The molecule has 0 saturated heterocycles. The van der Waals surface area contributed by atoms with Crippen molar-refractivity contribution >= 4 is 56.9 Å². The van der Waals surface area contributed by atoms with Crippen molar-refractivity contribution in [2.45, 2.75) is 32.5 Å². The second kappa shape index (κ2) is 23.6. The van der Waals surface area contributed by atoms with E-state index in [9.17, 15) is 5.11 Å². The molecule has 362 valence electrons. The predicted octanol–water partition coefficient (Wildman–Crippen LogP) is 12.4. The lowest BCUT2D eigenvalue weighted by Gasteiger charge is -2.15. The standard InChI is InChI=1S/C31H32N4O4.C22H22N4O2.CH2Cl2/c1-20(21-6-11-24(36-3)12-7-21)34-30-27-17-28(35(2)31(27)33-19-32-30)22-8-13-25(14-9-22)39-18-23-10-15-26(37-4)16-29(23)38-5;1-14(15-6-10-18(28-3)11-7-15)25-21-19-12-20(16-4-8-17(27)9-5-16)26(2)22(19)24-13-23-21;2-1-3/h6-17,19-20H,18H2,1-5H3,(H,32,33,34);4-14,27H,1-3H3,(H,23,24,25);1H2/t20-;14-;/m11./s1. The van der Waals surface area contributed by atoms with Crippen LogP contribution in [-0.2, 0) is 20.7 Å². The third-order valence-corrected chi connectivity index (χ3v) is 11.8. The number of halogens is 2. The molecular formula is C54H56Cl2N8O6. The number of nitrogens with one attached hydrogen (secondary N) is 2. The summed E-state index contributed by atoms with van der Waals surface area (Å²) in [5.41, 5.74) is 9.04. The largest absolute Gasteiger partial charge is 0.508 e. The van der Waals surface area contributed by atoms with Crippen molar-refractivity contribution in [1.29, 1.82) is 0 Å². The van der Waals surface area contributed by atoms with E-state index in [1.54, 1.807) is 53.2 Å². The van der Waals surface area contributed by atoms with Gasteiger partial charge in [0.05, 0.1) is 55.9 Å². The molecule has 0 saturated carbocycles. The van der Waals surface area contributed by atoms with E-state index in [1.807, 2.05) is 97.5 Å². The van der Waals surface area contributed by atoms with Gasteiger partial charge in [0.15, 0.2) is 0 Å². The molecule has 0 radical (unpaired) electrons. The maximum atomic E-state index is 9.55. The number of phenols is 1. The molecule has 0 amide bonds. The third kappa shape index (κ3) is 11.8. The molecule has 0 spiro atoms. The van der Waals surface area contributed by atoms with Crippen LogP contribution in [0.2, 0.25) is 0 Å². The van der Waals surface area contributed by atoms with Gasteiger partial charge in [0.2, 0.25) is 0 Å². The molecule has 9 rings (SSSR count). The fourth-order valence-corrected chi connectivity index (χ4v) is 7.90. The fraction of sp³-hybridized carbons (Fsp3) is 0.222. The number of hydrogen-bond acceptors (Lipinski definition) is 12. The predicted molar refractivity (Wildman–Crippen MR) is 280 cm³/mol. The Labute approximate surface area is 417 Å². The summed E-state index contributed by atoms with van der Waals surface area (Å²) in [6.45, 7) is 4.59. The van der Waals surface area contributed by atoms with Crippen molar-refractivity contribution in [2.24, 2.45) is 14.1 Å². The van der Waals surface area contributed by atoms with E-state index in [4.69, 9.17) is 46.9 Å². The number of methoxy groups -OCH3 is 4. The van der Waals surface area contributed by atoms with Gasteiger partial charge in [-0.1, -0.05) is 24.3 Å². The number of fused-ring (bicyclic) bond motifs is 2. The van der Waals surface area contributed by atoms with Crippen LogP contribution in [0.3, 0.4) is 0 Å². The minimum atomic E-state index is 0.0541. The number of alkyl halides is 2. The van der Waals surface area contributed by atoms with E-state index in [0.29, 0.717) is 6.61 Å². The van der Waals surface area contributed by atoms with Crippen LogP contribution in [0.1, 0.15) is 42.6 Å². The van der Waals surface area contributed by atoms with Crippen LogP contribution < -0.4 is 34.3 Å². The zero-order valence-electron chi connectivity index (χ0n) is 40.3. The molecule has 0 bridgehead atoms. The van der Waals surface area contributed by atoms with Crippen molar-refractivity contribution < 1.29 is 28.8 Å². The van der Waals surface area contributed by atoms with E-state index in [2.05, 4.69) is 85.4 Å². The van der Waals surface area contributed by atoms with Crippen molar-refractivity contribution in [3.63, 3.8) is 0 Å². The highest BCUT2D eigenvalue weighted by Gasteiger charge is 2.18. The van der Waals surface area contributed by atoms with Crippen LogP contribution in [0, 0.1) is 0 Å². The zero-order valence-corrected chi connectivity index (χ0v) is 41.8. The van der Waals surface area contributed by atoms with Gasteiger partial charge in [-0.15, -0.1) is 23.2 Å². The Hall–Kier alpha value is -7.68. The highest BCUT2D eigenvalue weighted by Crippen LogP contribution is 2.34. The smallest absolute Gasteiger partial charge is 0.145 e. The second-order valence-electron chi connectivity index (χ2n) is 16.0. The van der Waals surface area contributed by atoms with Crippen molar-refractivity contribution in [1.82, 2.24) is 29.1 Å². The Balaban J connectivity index is 0.000000205. The van der Waals surface area contributed by atoms with Crippen molar-refractivity contribution in [3.05, 3.63) is 157 Å². The van der Waals surface area contributed by atoms with Gasteiger partial charge in [0.25, 0.3) is 0 Å². The maximum Gasteiger partial charge on any atom is 0.145 e. The van der Waals surface area contributed by atoms with Crippen LogP contribution in [0.25, 0.3) is 44.6 Å². The van der Waals surface area contributed by atoms with Gasteiger partial charge in [-0.25, -0.2) is 19.9 Å². The van der Waals surface area contributed by atoms with Gasteiger partial charge >= 0.3 is 0 Å². The lowest BCUT2D eigenvalue weighted by molar-refractivity contribution is 0.296. The Morgan fingerprint density at radius 1 is 0.529 bits per heavy atom. The number of aromatic hydroxyl groups is 1. The van der Waals surface area contributed by atoms with Gasteiger partial charge in [-0.2, -0.15) is 0 Å². The van der Waals surface area contributed by atoms with Crippen molar-refractivity contribution in [2.75, 3.05) is 44.4 Å². The number of nitrogens with zero attached hydrogens (tertiary/aromatic N) is 6. The topological polar surface area (TPSA) is 152 Å². The van der Waals surface area contributed by atoms with E-state index in [0.717, 1.165) is 102 Å². The summed E-state index contributed by atoms with van der Waals surface area (Å²) >= 11 is 9.53. The molecule has 4 aromatic heterocycles. The maximum absolute atomic E-state index is 9.55. The first-order chi connectivity index (χ1) is 34.0. The Kier molecular flexibility index (Phi) is 16.9. The Bertz CT molecular complexity index is 3110. The zero-order chi connectivity index (χ0) is 49.7. The van der Waals surface area contributed by atoms with Crippen molar-refractivity contribution in [3.8, 4) is 57.0 Å². The average molecular weight is 984 g/mol. The number of benzene rings is 5. The molecule has 70 heavy (non-hydrogen) atoms. The fourth-order valence-electron chi connectivity index (χ4n) is 7.90. The van der Waals surface area contributed by atoms with E-state index < -0.39 is 0 Å². The first-order valence-corrected chi connectivity index (χ1v) is 23.3. The molecule has 4 heterocycles. The Morgan fingerprint density at radius 2 is 0.943 bits per heavy atom. The SMILES string of the molecule is COc1ccc([C@@H](C)Nc2ncnc3c2cc(-c2ccc(O)cc2)n3C)cc1.COc1ccc([C@@H](C)Nc2ncnc3c2cc(-c2ccc(OCc4ccc(OC)cc4OC)cc2)n3C)cc1.ClCCl. The summed E-state index contributed by atoms with van der Waals surface area (Å²) < 4.78 is 31.4. The summed E-state index contributed by atoms with van der Waals surface area (Å²) in [5, 5.41) is 18.7. The average Bonchev–Trinajstić information content (AvgIpc) is 3.93. The van der Waals surface area contributed by atoms with Gasteiger partial charge in [-0.3, -0.25) is 0 Å². The highest BCUT2D eigenvalue weighted by atomic mass is 35.5. The lowest BCUT2D eigenvalue weighted by atomic mass is 10.1. The molecule has 0 aliphatic heterocycles. The first-order valence-electron chi connectivity index (χ1n) is 22.3. The summed E-state index contributed by atoms with van der Waals surface area (Å²) in [5.74, 6) is 5.74. The molecule has 2 atom stereocenters. The highest BCUT2D eigenvalue weighted by molar-refractivity contribution is 6.40. The van der Waals surface area contributed by atoms with Crippen LogP contribution >= 0.6 is 23.2 Å². The normalized spacial score (nSPS) is 11.6. The number of anilines is 2. The number of aromatic nitrogens is 6.